The number of carbonyl (C=O) groups excluding carboxylic acids is 1. The third-order valence-electron chi connectivity index (χ3n) is 2.41. The lowest BCUT2D eigenvalue weighted by atomic mass is 10.2. The first-order chi connectivity index (χ1) is 9.60. The zero-order valence-electron chi connectivity index (χ0n) is 10.8. The molecule has 0 unspecified atom stereocenters. The molecule has 2 aromatic rings. The smallest absolute Gasteiger partial charge is 0.374 e. The highest BCUT2D eigenvalue weighted by Gasteiger charge is 2.12. The van der Waals surface area contributed by atoms with Crippen LogP contribution in [-0.4, -0.2) is 23.9 Å². The average molecular weight is 291 g/mol. The molecule has 3 N–H and O–H groups in total. The Morgan fingerprint density at radius 2 is 2.35 bits per heavy atom. The quantitative estimate of drug-likeness (QED) is 0.386. The van der Waals surface area contributed by atoms with E-state index in [1.165, 1.54) is 0 Å². The molecule has 0 fully saturated rings. The predicted octanol–water partition coefficient (Wildman–Crippen LogP) is 1.78. The molecule has 2 rings (SSSR count). The van der Waals surface area contributed by atoms with Gasteiger partial charge in [-0.25, -0.2) is 4.79 Å². The number of hydrogen-bond acceptors (Lipinski definition) is 5. The van der Waals surface area contributed by atoms with Crippen molar-refractivity contribution in [3.8, 4) is 0 Å². The van der Waals surface area contributed by atoms with Crippen LogP contribution in [0.5, 0.6) is 0 Å². The van der Waals surface area contributed by atoms with Gasteiger partial charge >= 0.3 is 5.97 Å². The first-order valence-corrected chi connectivity index (χ1v) is 6.30. The summed E-state index contributed by atoms with van der Waals surface area (Å²) in [4.78, 5) is 11.6. The van der Waals surface area contributed by atoms with E-state index in [-0.39, 0.29) is 10.9 Å². The summed E-state index contributed by atoms with van der Waals surface area (Å²) in [5.41, 5.74) is 9.14. The molecule has 1 heterocycles. The van der Waals surface area contributed by atoms with Crippen LogP contribution in [0.3, 0.4) is 0 Å². The Hall–Kier alpha value is -2.41. The number of nitrogens with zero attached hydrogens (tertiary/aromatic N) is 1. The molecular formula is C13H13N3O3S. The highest BCUT2D eigenvalue weighted by molar-refractivity contribution is 7.80. The summed E-state index contributed by atoms with van der Waals surface area (Å²) in [5, 5.41) is 4.73. The molecule has 0 bridgehead atoms. The van der Waals surface area contributed by atoms with Crippen LogP contribution in [-0.2, 0) is 4.74 Å². The summed E-state index contributed by atoms with van der Waals surface area (Å²) in [5.74, 6) is -0.300. The van der Waals surface area contributed by atoms with Gasteiger partial charge in [0.05, 0.1) is 12.8 Å². The molecule has 0 radical (unpaired) electrons. The lowest BCUT2D eigenvalue weighted by Crippen LogP contribution is -2.23. The first kappa shape index (κ1) is 14.0. The van der Waals surface area contributed by atoms with Crippen molar-refractivity contribution in [1.29, 1.82) is 0 Å². The topological polar surface area (TPSA) is 89.8 Å². The van der Waals surface area contributed by atoms with Gasteiger partial charge in [-0.05, 0) is 49.0 Å². The number of benzene rings is 1. The molecular weight excluding hydrogens is 278 g/mol. The van der Waals surface area contributed by atoms with E-state index >= 15 is 0 Å². The van der Waals surface area contributed by atoms with Gasteiger partial charge in [-0.3, -0.25) is 5.43 Å². The molecule has 0 saturated heterocycles. The summed E-state index contributed by atoms with van der Waals surface area (Å²) >= 11 is 4.63. The van der Waals surface area contributed by atoms with Crippen LogP contribution < -0.4 is 11.2 Å². The Labute approximate surface area is 120 Å². The zero-order chi connectivity index (χ0) is 14.5. The second kappa shape index (κ2) is 6.16. The van der Waals surface area contributed by atoms with Gasteiger partial charge in [0.25, 0.3) is 0 Å². The van der Waals surface area contributed by atoms with Gasteiger partial charge < -0.3 is 14.9 Å². The lowest BCUT2D eigenvalue weighted by Gasteiger charge is -1.95. The number of fused-ring (bicyclic) bond motifs is 1. The van der Waals surface area contributed by atoms with Gasteiger partial charge in [-0.1, -0.05) is 0 Å². The minimum Gasteiger partial charge on any atom is -0.460 e. The van der Waals surface area contributed by atoms with E-state index in [9.17, 15) is 4.79 Å². The number of esters is 1. The molecule has 6 nitrogen and oxygen atoms in total. The number of furan rings is 1. The molecule has 0 aliphatic heterocycles. The van der Waals surface area contributed by atoms with Crippen molar-refractivity contribution < 1.29 is 13.9 Å². The summed E-state index contributed by atoms with van der Waals surface area (Å²) in [6.07, 6.45) is 1.57. The van der Waals surface area contributed by atoms with Gasteiger partial charge in [0.2, 0.25) is 5.76 Å². The number of ether oxygens (including phenoxy) is 1. The Bertz CT molecular complexity index is 679. The van der Waals surface area contributed by atoms with Crippen molar-refractivity contribution in [2.24, 2.45) is 10.8 Å². The number of hydrogen-bond donors (Lipinski definition) is 2. The SMILES string of the molecule is CCOC(=O)c1cc2cc(C=NNC(N)=S)ccc2o1. The van der Waals surface area contributed by atoms with E-state index in [0.717, 1.165) is 10.9 Å². The number of nitrogens with one attached hydrogen (secondary N) is 1. The summed E-state index contributed by atoms with van der Waals surface area (Å²) < 4.78 is 10.3. The van der Waals surface area contributed by atoms with Crippen LogP contribution in [0.25, 0.3) is 11.0 Å². The summed E-state index contributed by atoms with van der Waals surface area (Å²) in [6.45, 7) is 2.04. The molecule has 0 amide bonds. The fraction of sp³-hybridized carbons (Fsp3) is 0.154. The van der Waals surface area contributed by atoms with Crippen molar-refractivity contribution in [2.45, 2.75) is 6.92 Å². The molecule has 104 valence electrons. The van der Waals surface area contributed by atoms with Crippen LogP contribution >= 0.6 is 12.2 Å². The van der Waals surface area contributed by atoms with Crippen LogP contribution in [0.15, 0.2) is 33.8 Å². The second-order valence-corrected chi connectivity index (χ2v) is 4.30. The molecule has 7 heteroatoms. The molecule has 1 aromatic carbocycles. The maximum atomic E-state index is 11.6. The van der Waals surface area contributed by atoms with Crippen molar-refractivity contribution in [3.63, 3.8) is 0 Å². The van der Waals surface area contributed by atoms with Crippen molar-refractivity contribution in [3.05, 3.63) is 35.6 Å². The zero-order valence-corrected chi connectivity index (χ0v) is 11.6. The van der Waals surface area contributed by atoms with Gasteiger partial charge in [-0.15, -0.1) is 0 Å². The summed E-state index contributed by atoms with van der Waals surface area (Å²) in [6, 6.07) is 7.00. The van der Waals surface area contributed by atoms with Crippen LogP contribution in [0.4, 0.5) is 0 Å². The minimum absolute atomic E-state index is 0.0928. The highest BCUT2D eigenvalue weighted by Crippen LogP contribution is 2.20. The molecule has 0 saturated carbocycles. The van der Waals surface area contributed by atoms with E-state index in [0.29, 0.717) is 12.2 Å². The predicted molar refractivity (Wildman–Crippen MR) is 79.7 cm³/mol. The molecule has 0 atom stereocenters. The Kier molecular flexibility index (Phi) is 4.31. The second-order valence-electron chi connectivity index (χ2n) is 3.86. The fourth-order valence-electron chi connectivity index (χ4n) is 1.62. The van der Waals surface area contributed by atoms with Gasteiger partial charge in [0.15, 0.2) is 5.11 Å². The lowest BCUT2D eigenvalue weighted by molar-refractivity contribution is 0.0492. The van der Waals surface area contributed by atoms with Crippen LogP contribution in [0.1, 0.15) is 23.0 Å². The monoisotopic (exact) mass is 291 g/mol. The summed E-state index contributed by atoms with van der Waals surface area (Å²) in [7, 11) is 0. The number of thiocarbonyl (C=S) groups is 1. The maximum Gasteiger partial charge on any atom is 0.374 e. The third-order valence-corrected chi connectivity index (χ3v) is 2.50. The van der Waals surface area contributed by atoms with Gasteiger partial charge in [-0.2, -0.15) is 5.10 Å². The minimum atomic E-state index is -0.478. The van der Waals surface area contributed by atoms with Crippen molar-refractivity contribution in [2.75, 3.05) is 6.61 Å². The number of nitrogens with two attached hydrogens (primary N) is 1. The molecule has 0 aliphatic rings. The van der Waals surface area contributed by atoms with Crippen LogP contribution in [0, 0.1) is 0 Å². The normalized spacial score (nSPS) is 10.8. The molecule has 20 heavy (non-hydrogen) atoms. The molecule has 0 spiro atoms. The van der Waals surface area contributed by atoms with Crippen molar-refractivity contribution in [1.82, 2.24) is 5.43 Å². The number of rotatable bonds is 4. The van der Waals surface area contributed by atoms with Crippen molar-refractivity contribution >= 4 is 40.5 Å². The Morgan fingerprint density at radius 3 is 3.05 bits per heavy atom. The van der Waals surface area contributed by atoms with Crippen LogP contribution in [0.2, 0.25) is 0 Å². The maximum absolute atomic E-state index is 11.6. The number of carbonyl (C=O) groups is 1. The highest BCUT2D eigenvalue weighted by atomic mass is 32.1. The van der Waals surface area contributed by atoms with E-state index in [1.807, 2.05) is 6.07 Å². The third kappa shape index (κ3) is 3.33. The van der Waals surface area contributed by atoms with E-state index in [1.54, 1.807) is 31.3 Å². The number of hydrazone groups is 1. The Balaban J connectivity index is 2.23. The van der Waals surface area contributed by atoms with Gasteiger partial charge in [0, 0.05) is 5.39 Å². The van der Waals surface area contributed by atoms with E-state index in [2.05, 4.69) is 22.7 Å². The average Bonchev–Trinajstić information content (AvgIpc) is 2.81. The first-order valence-electron chi connectivity index (χ1n) is 5.89. The van der Waals surface area contributed by atoms with E-state index in [4.69, 9.17) is 14.9 Å². The Morgan fingerprint density at radius 1 is 1.55 bits per heavy atom. The largest absolute Gasteiger partial charge is 0.460 e. The molecule has 1 aromatic heterocycles. The van der Waals surface area contributed by atoms with E-state index < -0.39 is 5.97 Å². The molecule has 0 aliphatic carbocycles. The standard InChI is InChI=1S/C13H13N3O3S/c1-2-18-12(17)11-6-9-5-8(3-4-10(9)19-11)7-15-16-13(14)20/h3-7H,2H2,1H3,(H3,14,16,20). The van der Waals surface area contributed by atoms with Gasteiger partial charge in [0.1, 0.15) is 5.58 Å². The fourth-order valence-corrected chi connectivity index (χ4v) is 1.67.